The standard InChI is InChI=1S/C11H8N.3C4H9.Sn/c1-2-5-10(6-3-1)11-7-4-8-12-9-11;3*1-3-4-2;/h2-9H;3*1,3-4H2,2H3;. The van der Waals surface area contributed by atoms with Crippen LogP contribution in [0, 0.1) is 0 Å². The van der Waals surface area contributed by atoms with Gasteiger partial charge < -0.3 is 0 Å². The van der Waals surface area contributed by atoms with E-state index in [1.165, 1.54) is 63.0 Å². The number of benzene rings is 1. The molecule has 0 aliphatic carbocycles. The Morgan fingerprint density at radius 3 is 1.72 bits per heavy atom. The zero-order valence-corrected chi connectivity index (χ0v) is 19.3. The number of hydrogen-bond donors (Lipinski definition) is 0. The van der Waals surface area contributed by atoms with Crippen molar-refractivity contribution in [2.75, 3.05) is 0 Å². The van der Waals surface area contributed by atoms with Crippen LogP contribution >= 0.6 is 0 Å². The van der Waals surface area contributed by atoms with E-state index in [1.807, 2.05) is 18.5 Å². The van der Waals surface area contributed by atoms with Gasteiger partial charge in [0.1, 0.15) is 0 Å². The summed E-state index contributed by atoms with van der Waals surface area (Å²) >= 11 is -2.27. The normalized spacial score (nSPS) is 11.6. The molecule has 0 bridgehead atoms. The van der Waals surface area contributed by atoms with Crippen LogP contribution < -0.4 is 3.58 Å². The Balaban J connectivity index is 2.30. The van der Waals surface area contributed by atoms with E-state index < -0.39 is 18.4 Å². The maximum atomic E-state index is 4.27. The molecule has 0 atom stereocenters. The molecule has 0 aliphatic heterocycles. The molecule has 0 radical (unpaired) electrons. The van der Waals surface area contributed by atoms with Gasteiger partial charge in [0.15, 0.2) is 0 Å². The molecule has 1 nitrogen and oxygen atoms in total. The zero-order valence-electron chi connectivity index (χ0n) is 16.4. The van der Waals surface area contributed by atoms with Crippen LogP contribution in [0.25, 0.3) is 11.1 Å². The second-order valence-corrected chi connectivity index (χ2v) is 20.6. The molecule has 0 unspecified atom stereocenters. The Morgan fingerprint density at radius 1 is 0.720 bits per heavy atom. The van der Waals surface area contributed by atoms with Gasteiger partial charge in [-0.25, -0.2) is 0 Å². The second kappa shape index (κ2) is 11.0. The van der Waals surface area contributed by atoms with E-state index in [-0.39, 0.29) is 0 Å². The van der Waals surface area contributed by atoms with Crippen molar-refractivity contribution >= 4 is 22.0 Å². The first-order valence-corrected chi connectivity index (χ1v) is 17.7. The van der Waals surface area contributed by atoms with E-state index in [0.717, 1.165) is 0 Å². The fourth-order valence-electron chi connectivity index (χ4n) is 3.90. The quantitative estimate of drug-likeness (QED) is 0.347. The van der Waals surface area contributed by atoms with Crippen molar-refractivity contribution in [3.63, 3.8) is 0 Å². The van der Waals surface area contributed by atoms with Crippen molar-refractivity contribution in [2.45, 2.75) is 72.6 Å². The molecular weight excluding hydrogens is 409 g/mol. The van der Waals surface area contributed by atoms with Crippen LogP contribution in [0.3, 0.4) is 0 Å². The minimum atomic E-state index is -2.27. The number of rotatable bonds is 11. The Bertz CT molecular complexity index is 569. The van der Waals surface area contributed by atoms with Crippen molar-refractivity contribution in [1.82, 2.24) is 4.98 Å². The predicted molar refractivity (Wildman–Crippen MR) is 114 cm³/mol. The molecule has 2 heteroatoms. The molecule has 1 aromatic heterocycles. The van der Waals surface area contributed by atoms with E-state index in [2.05, 4.69) is 56.1 Å². The predicted octanol–water partition coefficient (Wildman–Crippen LogP) is 6.80. The van der Waals surface area contributed by atoms with E-state index in [4.69, 9.17) is 0 Å². The minimum absolute atomic E-state index is 1.23. The van der Waals surface area contributed by atoms with Gasteiger partial charge in [0.25, 0.3) is 0 Å². The molecule has 0 spiro atoms. The monoisotopic (exact) mass is 445 g/mol. The third-order valence-corrected chi connectivity index (χ3v) is 21.2. The number of unbranched alkanes of at least 4 members (excludes halogenated alkanes) is 3. The van der Waals surface area contributed by atoms with Crippen LogP contribution in [0.1, 0.15) is 59.3 Å². The van der Waals surface area contributed by atoms with Gasteiger partial charge in [-0.15, -0.1) is 0 Å². The molecule has 0 saturated heterocycles. The van der Waals surface area contributed by atoms with Crippen molar-refractivity contribution < 1.29 is 0 Å². The van der Waals surface area contributed by atoms with Gasteiger partial charge in [-0.05, 0) is 0 Å². The molecule has 0 amide bonds. The van der Waals surface area contributed by atoms with Crippen LogP contribution in [0.2, 0.25) is 13.3 Å². The fourth-order valence-corrected chi connectivity index (χ4v) is 19.8. The zero-order chi connectivity index (χ0) is 18.0. The molecule has 2 rings (SSSR count). The SMILES string of the molecule is CCC[CH2][Sn]([CH2]CCC)([CH2]CCC)[c]1ccc(-c2cccnc2)cc1. The first kappa shape index (κ1) is 20.5. The van der Waals surface area contributed by atoms with Crippen molar-refractivity contribution in [1.29, 1.82) is 0 Å². The topological polar surface area (TPSA) is 12.9 Å². The van der Waals surface area contributed by atoms with Gasteiger partial charge in [-0.2, -0.15) is 0 Å². The van der Waals surface area contributed by atoms with Crippen molar-refractivity contribution in [3.8, 4) is 11.1 Å². The summed E-state index contributed by atoms with van der Waals surface area (Å²) in [5.74, 6) is 0. The summed E-state index contributed by atoms with van der Waals surface area (Å²) in [6, 6.07) is 13.8. The molecule has 25 heavy (non-hydrogen) atoms. The molecule has 1 heterocycles. The average Bonchev–Trinajstić information content (AvgIpc) is 2.68. The molecule has 0 aliphatic rings. The summed E-state index contributed by atoms with van der Waals surface area (Å²) in [6.45, 7) is 7.05. The van der Waals surface area contributed by atoms with Crippen molar-refractivity contribution in [3.05, 3.63) is 48.8 Å². The van der Waals surface area contributed by atoms with Gasteiger partial charge in [-0.3, -0.25) is 0 Å². The molecule has 0 saturated carbocycles. The molecule has 1 aromatic carbocycles. The van der Waals surface area contributed by atoms with Gasteiger partial charge in [-0.1, -0.05) is 0 Å². The first-order valence-electron chi connectivity index (χ1n) is 10.3. The van der Waals surface area contributed by atoms with E-state index in [0.29, 0.717) is 0 Å². The Morgan fingerprint density at radius 2 is 1.28 bits per heavy atom. The van der Waals surface area contributed by atoms with E-state index >= 15 is 0 Å². The summed E-state index contributed by atoms with van der Waals surface area (Å²) < 4.78 is 6.38. The fraction of sp³-hybridized carbons (Fsp3) is 0.522. The second-order valence-electron chi connectivity index (χ2n) is 7.41. The van der Waals surface area contributed by atoms with E-state index in [9.17, 15) is 0 Å². The summed E-state index contributed by atoms with van der Waals surface area (Å²) in [4.78, 5) is 4.27. The van der Waals surface area contributed by atoms with Gasteiger partial charge in [0.05, 0.1) is 0 Å². The average molecular weight is 444 g/mol. The maximum absolute atomic E-state index is 4.27. The van der Waals surface area contributed by atoms with Crippen LogP contribution in [-0.4, -0.2) is 23.4 Å². The molecular formula is C23H35NSn. The van der Waals surface area contributed by atoms with E-state index in [1.54, 1.807) is 3.58 Å². The molecule has 0 fully saturated rings. The third kappa shape index (κ3) is 5.84. The summed E-state index contributed by atoms with van der Waals surface area (Å²) in [7, 11) is 0. The molecule has 2 aromatic rings. The van der Waals surface area contributed by atoms with Gasteiger partial charge >= 0.3 is 159 Å². The third-order valence-electron chi connectivity index (χ3n) is 5.52. The number of pyridine rings is 1. The van der Waals surface area contributed by atoms with Crippen LogP contribution in [0.5, 0.6) is 0 Å². The number of aromatic nitrogens is 1. The van der Waals surface area contributed by atoms with Crippen molar-refractivity contribution in [2.24, 2.45) is 0 Å². The number of nitrogens with zero attached hydrogens (tertiary/aromatic N) is 1. The number of hydrogen-bond acceptors (Lipinski definition) is 1. The molecule has 0 N–H and O–H groups in total. The van der Waals surface area contributed by atoms with Gasteiger partial charge in [0.2, 0.25) is 0 Å². The Labute approximate surface area is 159 Å². The molecule has 136 valence electrons. The van der Waals surface area contributed by atoms with Crippen LogP contribution in [0.15, 0.2) is 48.8 Å². The summed E-state index contributed by atoms with van der Waals surface area (Å²) in [5.41, 5.74) is 2.53. The summed E-state index contributed by atoms with van der Waals surface area (Å²) in [5, 5.41) is 0. The summed E-state index contributed by atoms with van der Waals surface area (Å²) in [6.07, 6.45) is 12.1. The van der Waals surface area contributed by atoms with Crippen LogP contribution in [0.4, 0.5) is 0 Å². The Kier molecular flexibility index (Phi) is 9.01. The Hall–Kier alpha value is -0.831. The van der Waals surface area contributed by atoms with Gasteiger partial charge in [0, 0.05) is 0 Å². The van der Waals surface area contributed by atoms with Crippen LogP contribution in [-0.2, 0) is 0 Å². The first-order chi connectivity index (χ1) is 12.3.